The van der Waals surface area contributed by atoms with E-state index in [0.29, 0.717) is 0 Å². The molecule has 0 heterocycles. The fourth-order valence-electron chi connectivity index (χ4n) is 0. The van der Waals surface area contributed by atoms with Gasteiger partial charge in [-0.15, -0.1) is 4.83 Å². The minimum Gasteiger partial charge on any atom is -0.320 e. The lowest BCUT2D eigenvalue weighted by molar-refractivity contribution is 0.311. The molecule has 0 amide bonds. The topological polar surface area (TPSA) is 139 Å². The van der Waals surface area contributed by atoms with Gasteiger partial charge in [-0.25, -0.2) is 5.90 Å². The molecule has 0 rings (SSSR count). The molecule has 7 N–H and O–H groups in total. The molecule has 0 unspecified atom stereocenters. The molecule has 0 bridgehead atoms. The molecule has 0 aliphatic carbocycles. The Kier molecular flexibility index (Phi) is 6.54. The fourth-order valence-corrected chi connectivity index (χ4v) is 0. The number of hydrazine groups is 1. The Bertz CT molecular complexity index is 113. The van der Waals surface area contributed by atoms with Crippen LogP contribution in [0.4, 0.5) is 0 Å². The molecule has 0 aliphatic rings. The molecular weight excluding hydrogens is 138 g/mol. The maximum Gasteiger partial charge on any atom is 0.346 e. The molecule has 52 valence electrons. The van der Waals surface area contributed by atoms with Crippen LogP contribution in [0.2, 0.25) is 0 Å². The first-order valence-electron chi connectivity index (χ1n) is 1.27. The van der Waals surface area contributed by atoms with Gasteiger partial charge < -0.3 is 5.21 Å². The van der Waals surface area contributed by atoms with Crippen molar-refractivity contribution in [3.8, 4) is 0 Å². The van der Waals surface area contributed by atoms with Gasteiger partial charge in [-0.3, -0.25) is 10.4 Å². The first-order chi connectivity index (χ1) is 3.56. The molecule has 0 aliphatic heterocycles. The second kappa shape index (κ2) is 4.90. The third-order valence-corrected chi connectivity index (χ3v) is 0.447. The Morgan fingerprint density at radius 1 is 1.38 bits per heavy atom. The van der Waals surface area contributed by atoms with E-state index in [9.17, 15) is 8.42 Å². The van der Waals surface area contributed by atoms with Crippen molar-refractivity contribution >= 4 is 10.3 Å². The molecule has 0 spiro atoms. The predicted molar refractivity (Wildman–Crippen MR) is 24.8 cm³/mol. The van der Waals surface area contributed by atoms with E-state index < -0.39 is 10.3 Å². The first-order valence-corrected chi connectivity index (χ1v) is 2.71. The molecule has 0 fully saturated rings. The van der Waals surface area contributed by atoms with Crippen LogP contribution in [0.15, 0.2) is 0 Å². The van der Waals surface area contributed by atoms with Gasteiger partial charge in [0.05, 0.1) is 0 Å². The number of rotatable bonds is 1. The van der Waals surface area contributed by atoms with Crippen molar-refractivity contribution in [2.24, 2.45) is 11.7 Å². The standard InChI is InChI=1S/H4N2O3S.H3NO/c1-2-6(3,4)5;1-2/h2H,1H2,(H,3,4,5);2H,1H2. The van der Waals surface area contributed by atoms with Gasteiger partial charge in [0, 0.05) is 0 Å². The SMILES string of the molecule is NNS(=O)(=O)O.NO. The van der Waals surface area contributed by atoms with Crippen molar-refractivity contribution in [1.82, 2.24) is 4.83 Å². The van der Waals surface area contributed by atoms with E-state index in [2.05, 4.69) is 11.7 Å². The van der Waals surface area contributed by atoms with Gasteiger partial charge in [0.1, 0.15) is 0 Å². The quantitative estimate of drug-likeness (QED) is 0.158. The summed E-state index contributed by atoms with van der Waals surface area (Å²) in [6, 6.07) is 0. The molecule has 0 radical (unpaired) electrons. The van der Waals surface area contributed by atoms with Gasteiger partial charge in [-0.1, -0.05) is 0 Å². The molecule has 7 nitrogen and oxygen atoms in total. The van der Waals surface area contributed by atoms with E-state index in [1.165, 1.54) is 0 Å². The summed E-state index contributed by atoms with van der Waals surface area (Å²) in [7, 11) is -4.13. The summed E-state index contributed by atoms with van der Waals surface area (Å²) in [5.41, 5.74) is 0. The number of nitrogens with one attached hydrogen (secondary N) is 1. The zero-order valence-electron chi connectivity index (χ0n) is 3.77. The predicted octanol–water partition coefficient (Wildman–Crippen LogP) is -2.41. The highest BCUT2D eigenvalue weighted by Crippen LogP contribution is 1.58. The molecular formula is H7N3O4S. The maximum absolute atomic E-state index is 9.32. The van der Waals surface area contributed by atoms with Crippen LogP contribution in [0.5, 0.6) is 0 Å². The Morgan fingerprint density at radius 3 is 1.50 bits per heavy atom. The summed E-state index contributed by atoms with van der Waals surface area (Å²) in [5.74, 6) is 7.72. The molecule has 0 aromatic heterocycles. The van der Waals surface area contributed by atoms with Crippen molar-refractivity contribution < 1.29 is 18.2 Å². The van der Waals surface area contributed by atoms with Crippen LogP contribution in [0.25, 0.3) is 0 Å². The first kappa shape index (κ1) is 10.7. The fraction of sp³-hybridized carbons (Fsp3) is 0. The van der Waals surface area contributed by atoms with Crippen LogP contribution >= 0.6 is 0 Å². The highest BCUT2D eigenvalue weighted by Gasteiger charge is 1.91. The Balaban J connectivity index is 0. The van der Waals surface area contributed by atoms with Gasteiger partial charge in [0.25, 0.3) is 0 Å². The monoisotopic (exact) mass is 145 g/mol. The Hall–Kier alpha value is -0.250. The average Bonchev–Trinajstić information content (AvgIpc) is 1.71. The Morgan fingerprint density at radius 2 is 1.50 bits per heavy atom. The van der Waals surface area contributed by atoms with E-state index in [1.807, 2.05) is 0 Å². The van der Waals surface area contributed by atoms with E-state index in [-0.39, 0.29) is 0 Å². The van der Waals surface area contributed by atoms with Crippen LogP contribution in [0, 0.1) is 0 Å². The second-order valence-electron chi connectivity index (χ2n) is 0.593. The van der Waals surface area contributed by atoms with E-state index in [0.717, 1.165) is 4.83 Å². The van der Waals surface area contributed by atoms with E-state index in [1.54, 1.807) is 0 Å². The largest absolute Gasteiger partial charge is 0.346 e. The molecule has 8 heteroatoms. The molecule has 0 aromatic rings. The van der Waals surface area contributed by atoms with Crippen LogP contribution in [0.3, 0.4) is 0 Å². The summed E-state index contributed by atoms with van der Waals surface area (Å²) < 4.78 is 26.2. The molecule has 0 atom stereocenters. The molecule has 0 aromatic carbocycles. The lowest BCUT2D eigenvalue weighted by Gasteiger charge is -1.83. The highest BCUT2D eigenvalue weighted by molar-refractivity contribution is 7.83. The zero-order chi connectivity index (χ0) is 7.21. The van der Waals surface area contributed by atoms with Crippen LogP contribution in [0.1, 0.15) is 0 Å². The third kappa shape index (κ3) is 17.2. The lowest BCUT2D eigenvalue weighted by atomic mass is 13.0. The van der Waals surface area contributed by atoms with Crippen molar-refractivity contribution in [3.63, 3.8) is 0 Å². The third-order valence-electron chi connectivity index (χ3n) is 0.149. The summed E-state index contributed by atoms with van der Waals surface area (Å²) in [6.45, 7) is 0. The van der Waals surface area contributed by atoms with Gasteiger partial charge >= 0.3 is 10.3 Å². The molecule has 0 saturated carbocycles. The minimum atomic E-state index is -4.13. The number of hydrogen-bond donors (Lipinski definition) is 5. The summed E-state index contributed by atoms with van der Waals surface area (Å²) in [6.07, 6.45) is 0. The number of hydrogen-bond acceptors (Lipinski definition) is 5. The normalized spacial score (nSPS) is 9.50. The van der Waals surface area contributed by atoms with Crippen molar-refractivity contribution in [2.75, 3.05) is 0 Å². The van der Waals surface area contributed by atoms with Crippen LogP contribution in [-0.4, -0.2) is 18.2 Å². The number of nitrogens with two attached hydrogens (primary N) is 2. The smallest absolute Gasteiger partial charge is 0.320 e. The lowest BCUT2D eigenvalue weighted by Crippen LogP contribution is -2.29. The van der Waals surface area contributed by atoms with E-state index in [4.69, 9.17) is 9.76 Å². The van der Waals surface area contributed by atoms with Gasteiger partial charge in [0.2, 0.25) is 0 Å². The van der Waals surface area contributed by atoms with Crippen molar-refractivity contribution in [3.05, 3.63) is 0 Å². The molecule has 8 heavy (non-hydrogen) atoms. The van der Waals surface area contributed by atoms with Crippen LogP contribution in [-0.2, 0) is 10.3 Å². The van der Waals surface area contributed by atoms with Crippen molar-refractivity contribution in [2.45, 2.75) is 0 Å². The average molecular weight is 145 g/mol. The van der Waals surface area contributed by atoms with Gasteiger partial charge in [-0.2, -0.15) is 8.42 Å². The Labute approximate surface area is 46.1 Å². The minimum absolute atomic E-state index is 1.13. The maximum atomic E-state index is 9.32. The van der Waals surface area contributed by atoms with Gasteiger partial charge in [-0.05, 0) is 0 Å². The van der Waals surface area contributed by atoms with Crippen LogP contribution < -0.4 is 16.6 Å². The summed E-state index contributed by atoms with van der Waals surface area (Å²) in [4.78, 5) is 1.13. The van der Waals surface area contributed by atoms with Crippen molar-refractivity contribution in [1.29, 1.82) is 0 Å². The second-order valence-corrected chi connectivity index (χ2v) is 1.78. The zero-order valence-corrected chi connectivity index (χ0v) is 4.59. The summed E-state index contributed by atoms with van der Waals surface area (Å²) >= 11 is 0. The van der Waals surface area contributed by atoms with Gasteiger partial charge in [0.15, 0.2) is 0 Å². The highest BCUT2D eigenvalue weighted by atomic mass is 32.2. The molecule has 0 saturated heterocycles. The van der Waals surface area contributed by atoms with E-state index >= 15 is 0 Å². The summed E-state index contributed by atoms with van der Waals surface area (Å²) in [5, 5.41) is 6.50.